The summed E-state index contributed by atoms with van der Waals surface area (Å²) in [5, 5.41) is 11.1. The third kappa shape index (κ3) is 4.45. The second-order valence-electron chi connectivity index (χ2n) is 5.63. The van der Waals surface area contributed by atoms with Gasteiger partial charge in [-0.3, -0.25) is 0 Å². The molecule has 1 heterocycles. The number of esters is 1. The van der Waals surface area contributed by atoms with Crippen LogP contribution in [0.3, 0.4) is 0 Å². The van der Waals surface area contributed by atoms with Crippen LogP contribution in [0.2, 0.25) is 5.02 Å². The summed E-state index contributed by atoms with van der Waals surface area (Å²) in [4.78, 5) is 12.1. The van der Waals surface area contributed by atoms with Crippen LogP contribution in [0.5, 0.6) is 11.5 Å². The van der Waals surface area contributed by atoms with Crippen LogP contribution in [0.4, 0.5) is 0 Å². The second kappa shape index (κ2) is 9.07. The number of benzene rings is 2. The molecule has 9 heteroatoms. The Morgan fingerprint density at radius 3 is 2.68 bits per heavy atom. The molecule has 0 fully saturated rings. The second-order valence-corrected chi connectivity index (χ2v) is 6.92. The molecule has 3 aromatic rings. The van der Waals surface area contributed by atoms with E-state index in [-0.39, 0.29) is 18.9 Å². The average molecular weight is 467 g/mol. The Balaban J connectivity index is 1.89. The van der Waals surface area contributed by atoms with Gasteiger partial charge in [0.1, 0.15) is 23.8 Å². The first-order valence-electron chi connectivity index (χ1n) is 8.36. The Labute approximate surface area is 175 Å². The van der Waals surface area contributed by atoms with Gasteiger partial charge in [-0.1, -0.05) is 11.6 Å². The van der Waals surface area contributed by atoms with E-state index < -0.39 is 5.97 Å². The summed E-state index contributed by atoms with van der Waals surface area (Å²) < 4.78 is 17.1. The predicted molar refractivity (Wildman–Crippen MR) is 108 cm³/mol. The van der Waals surface area contributed by atoms with Gasteiger partial charge in [-0.05, 0) is 59.3 Å². The molecule has 28 heavy (non-hydrogen) atoms. The minimum absolute atomic E-state index is 0.124. The highest BCUT2D eigenvalue weighted by Gasteiger charge is 2.20. The summed E-state index contributed by atoms with van der Waals surface area (Å²) in [5.41, 5.74) is 1.99. The van der Waals surface area contributed by atoms with Crippen LogP contribution in [0.15, 0.2) is 40.9 Å². The Bertz CT molecular complexity index is 993. The van der Waals surface area contributed by atoms with Gasteiger partial charge in [0.15, 0.2) is 5.69 Å². The Kier molecular flexibility index (Phi) is 6.53. The lowest BCUT2D eigenvalue weighted by molar-refractivity contribution is 0.0520. The van der Waals surface area contributed by atoms with E-state index in [4.69, 9.17) is 25.8 Å². The van der Waals surface area contributed by atoms with Crippen molar-refractivity contribution >= 4 is 33.5 Å². The van der Waals surface area contributed by atoms with E-state index >= 15 is 0 Å². The standard InChI is InChI=1S/C19H17BrClN3O4/c1-3-27-19(25)18-17(22-24-23-18)11-4-6-15(26-2)12(8-11)10-28-16-7-5-13(21)9-14(16)20/h4-9H,3,10H2,1-2H3,(H,22,23,24). The van der Waals surface area contributed by atoms with Gasteiger partial charge in [0, 0.05) is 16.1 Å². The zero-order valence-electron chi connectivity index (χ0n) is 15.2. The number of halogens is 2. The third-order valence-corrected chi connectivity index (χ3v) is 4.70. The van der Waals surface area contributed by atoms with Crippen molar-refractivity contribution in [2.45, 2.75) is 13.5 Å². The SMILES string of the molecule is CCOC(=O)c1n[nH]nc1-c1ccc(OC)c(COc2ccc(Cl)cc2Br)c1. The van der Waals surface area contributed by atoms with Crippen LogP contribution in [0.1, 0.15) is 23.0 Å². The Hall–Kier alpha value is -2.58. The molecule has 0 spiro atoms. The van der Waals surface area contributed by atoms with Crippen molar-refractivity contribution in [1.29, 1.82) is 0 Å². The summed E-state index contributed by atoms with van der Waals surface area (Å²) >= 11 is 9.39. The molecule has 0 aliphatic carbocycles. The Morgan fingerprint density at radius 1 is 1.18 bits per heavy atom. The van der Waals surface area contributed by atoms with Gasteiger partial charge in [0.05, 0.1) is 18.2 Å². The largest absolute Gasteiger partial charge is 0.496 e. The predicted octanol–water partition coefficient (Wildman–Crippen LogP) is 4.65. The molecular formula is C19H17BrClN3O4. The van der Waals surface area contributed by atoms with Crippen molar-refractivity contribution in [3.8, 4) is 22.8 Å². The highest BCUT2D eigenvalue weighted by Crippen LogP contribution is 2.31. The number of H-pyrrole nitrogens is 1. The monoisotopic (exact) mass is 465 g/mol. The minimum Gasteiger partial charge on any atom is -0.496 e. The number of hydrogen-bond acceptors (Lipinski definition) is 6. The molecule has 0 aliphatic heterocycles. The van der Waals surface area contributed by atoms with Crippen molar-refractivity contribution in [2.24, 2.45) is 0 Å². The fourth-order valence-electron chi connectivity index (χ4n) is 2.56. The maximum absolute atomic E-state index is 12.1. The van der Waals surface area contributed by atoms with Crippen LogP contribution in [-0.2, 0) is 11.3 Å². The lowest BCUT2D eigenvalue weighted by Gasteiger charge is -2.13. The van der Waals surface area contributed by atoms with Gasteiger partial charge in [-0.2, -0.15) is 10.3 Å². The molecule has 0 bridgehead atoms. The van der Waals surface area contributed by atoms with Crippen LogP contribution in [0, 0.1) is 0 Å². The van der Waals surface area contributed by atoms with Gasteiger partial charge in [0.2, 0.25) is 0 Å². The number of nitrogens with zero attached hydrogens (tertiary/aromatic N) is 2. The lowest BCUT2D eigenvalue weighted by Crippen LogP contribution is -2.07. The molecule has 3 rings (SSSR count). The zero-order valence-corrected chi connectivity index (χ0v) is 17.5. The zero-order chi connectivity index (χ0) is 20.1. The molecule has 0 radical (unpaired) electrons. The molecule has 0 aliphatic rings. The maximum Gasteiger partial charge on any atom is 0.361 e. The minimum atomic E-state index is -0.537. The highest BCUT2D eigenvalue weighted by atomic mass is 79.9. The first-order chi connectivity index (χ1) is 13.5. The molecule has 0 saturated heterocycles. The first-order valence-corrected chi connectivity index (χ1v) is 9.53. The molecule has 1 aromatic heterocycles. The van der Waals surface area contributed by atoms with Crippen molar-refractivity contribution in [3.63, 3.8) is 0 Å². The van der Waals surface area contributed by atoms with E-state index in [0.29, 0.717) is 27.8 Å². The topological polar surface area (TPSA) is 86.3 Å². The van der Waals surface area contributed by atoms with Crippen molar-refractivity contribution in [1.82, 2.24) is 15.4 Å². The number of carbonyl (C=O) groups excluding carboxylic acids is 1. The molecular weight excluding hydrogens is 450 g/mol. The fraction of sp³-hybridized carbons (Fsp3) is 0.211. The number of nitrogens with one attached hydrogen (secondary N) is 1. The lowest BCUT2D eigenvalue weighted by atomic mass is 10.1. The summed E-state index contributed by atoms with van der Waals surface area (Å²) in [6.07, 6.45) is 0. The van der Waals surface area contributed by atoms with Gasteiger partial charge in [-0.15, -0.1) is 5.10 Å². The third-order valence-electron chi connectivity index (χ3n) is 3.85. The van der Waals surface area contributed by atoms with Crippen LogP contribution in [0.25, 0.3) is 11.3 Å². The smallest absolute Gasteiger partial charge is 0.361 e. The normalized spacial score (nSPS) is 10.6. The molecule has 2 aromatic carbocycles. The summed E-state index contributed by atoms with van der Waals surface area (Å²) in [6.45, 7) is 2.22. The number of aromatic nitrogens is 3. The summed E-state index contributed by atoms with van der Waals surface area (Å²) in [7, 11) is 1.58. The van der Waals surface area contributed by atoms with E-state index in [2.05, 4.69) is 31.3 Å². The van der Waals surface area contributed by atoms with Crippen molar-refractivity contribution < 1.29 is 19.0 Å². The molecule has 0 saturated carbocycles. The maximum atomic E-state index is 12.1. The van der Waals surface area contributed by atoms with Crippen LogP contribution < -0.4 is 9.47 Å². The quantitative estimate of drug-likeness (QED) is 0.510. The van der Waals surface area contributed by atoms with Crippen molar-refractivity contribution in [3.05, 3.63) is 57.2 Å². The number of carbonyl (C=O) groups is 1. The van der Waals surface area contributed by atoms with Gasteiger partial charge >= 0.3 is 5.97 Å². The van der Waals surface area contributed by atoms with Gasteiger partial charge < -0.3 is 14.2 Å². The molecule has 0 unspecified atom stereocenters. The van der Waals surface area contributed by atoms with Crippen LogP contribution in [-0.4, -0.2) is 35.1 Å². The number of hydrogen-bond donors (Lipinski definition) is 1. The van der Waals surface area contributed by atoms with Crippen LogP contribution >= 0.6 is 27.5 Å². The number of ether oxygens (including phenoxy) is 3. The molecule has 146 valence electrons. The first kappa shape index (κ1) is 20.2. The number of rotatable bonds is 7. The number of aromatic amines is 1. The van der Waals surface area contributed by atoms with E-state index in [9.17, 15) is 4.79 Å². The molecule has 7 nitrogen and oxygen atoms in total. The van der Waals surface area contributed by atoms with Crippen molar-refractivity contribution in [2.75, 3.05) is 13.7 Å². The van der Waals surface area contributed by atoms with Gasteiger partial charge in [0.25, 0.3) is 0 Å². The van der Waals surface area contributed by atoms with E-state index in [1.165, 1.54) is 0 Å². The Morgan fingerprint density at radius 2 is 1.96 bits per heavy atom. The molecule has 0 atom stereocenters. The van der Waals surface area contributed by atoms with E-state index in [0.717, 1.165) is 10.0 Å². The summed E-state index contributed by atoms with van der Waals surface area (Å²) in [6, 6.07) is 10.7. The van der Waals surface area contributed by atoms with E-state index in [1.54, 1.807) is 44.4 Å². The molecule has 0 amide bonds. The average Bonchev–Trinajstić information content (AvgIpc) is 3.17. The summed E-state index contributed by atoms with van der Waals surface area (Å²) in [5.74, 6) is 0.755. The number of methoxy groups -OCH3 is 1. The van der Waals surface area contributed by atoms with E-state index in [1.807, 2.05) is 6.07 Å². The molecule has 1 N–H and O–H groups in total. The van der Waals surface area contributed by atoms with Gasteiger partial charge in [-0.25, -0.2) is 4.79 Å². The highest BCUT2D eigenvalue weighted by molar-refractivity contribution is 9.10. The fourth-order valence-corrected chi connectivity index (χ4v) is 3.36.